The van der Waals surface area contributed by atoms with Crippen molar-refractivity contribution in [3.8, 4) is 23.3 Å². The van der Waals surface area contributed by atoms with Crippen LogP contribution in [0.3, 0.4) is 0 Å². The van der Waals surface area contributed by atoms with Crippen LogP contribution in [0.2, 0.25) is 0 Å². The van der Waals surface area contributed by atoms with E-state index >= 15 is 0 Å². The van der Waals surface area contributed by atoms with Crippen molar-refractivity contribution in [2.45, 2.75) is 127 Å². The van der Waals surface area contributed by atoms with E-state index in [1.165, 1.54) is 48.5 Å². The van der Waals surface area contributed by atoms with Gasteiger partial charge in [-0.05, 0) is 114 Å². The smallest absolute Gasteiger partial charge is 0.410 e. The molecule has 0 aromatic heterocycles. The predicted octanol–water partition coefficient (Wildman–Crippen LogP) is 4.96. The van der Waals surface area contributed by atoms with Gasteiger partial charge in [0.05, 0.1) is 68.2 Å². The summed E-state index contributed by atoms with van der Waals surface area (Å²) >= 11 is 0. The molecular formula is C62H74F2N8O12. The Labute approximate surface area is 488 Å². The molecule has 4 heterocycles. The number of carbonyl (C=O) groups is 6. The number of hydrogen-bond acceptors (Lipinski definition) is 14. The maximum absolute atomic E-state index is 14.9. The van der Waals surface area contributed by atoms with Crippen LogP contribution in [-0.2, 0) is 51.3 Å². The fourth-order valence-corrected chi connectivity index (χ4v) is 10.9. The summed E-state index contributed by atoms with van der Waals surface area (Å²) in [7, 11) is 3.23. The van der Waals surface area contributed by atoms with Crippen molar-refractivity contribution in [3.05, 3.63) is 144 Å². The molecule has 4 aromatic carbocycles. The van der Waals surface area contributed by atoms with Gasteiger partial charge in [-0.15, -0.1) is 0 Å². The fourth-order valence-electron chi connectivity index (χ4n) is 10.9. The third-order valence-electron chi connectivity index (χ3n) is 15.7. The zero-order valence-electron chi connectivity index (χ0n) is 48.0. The summed E-state index contributed by atoms with van der Waals surface area (Å²) < 4.78 is 64.6. The first kappa shape index (κ1) is 62.0. The quantitative estimate of drug-likeness (QED) is 0.0723. The third-order valence-corrected chi connectivity index (χ3v) is 15.7. The van der Waals surface area contributed by atoms with Crippen molar-refractivity contribution < 1.29 is 66.0 Å². The number of nitrogens with one attached hydrogen (secondary N) is 4. The topological polar surface area (TPSA) is 219 Å². The Morgan fingerprint density at radius 3 is 1.39 bits per heavy atom. The van der Waals surface area contributed by atoms with Crippen LogP contribution in [0.1, 0.15) is 51.7 Å². The molecule has 4 aliphatic rings. The third kappa shape index (κ3) is 15.4. The van der Waals surface area contributed by atoms with E-state index in [0.717, 1.165) is 11.1 Å². The molecule has 0 bridgehead atoms. The molecule has 448 valence electrons. The first-order valence-electron chi connectivity index (χ1n) is 28.2. The van der Waals surface area contributed by atoms with Gasteiger partial charge < -0.3 is 59.5 Å². The Kier molecular flexibility index (Phi) is 21.3. The van der Waals surface area contributed by atoms with Crippen molar-refractivity contribution in [2.24, 2.45) is 0 Å². The minimum Gasteiger partial charge on any atom is -0.486 e. The van der Waals surface area contributed by atoms with Gasteiger partial charge in [-0.2, -0.15) is 0 Å². The van der Waals surface area contributed by atoms with E-state index in [4.69, 9.17) is 28.4 Å². The Bertz CT molecular complexity index is 2990. The van der Waals surface area contributed by atoms with Crippen molar-refractivity contribution in [1.29, 1.82) is 0 Å². The van der Waals surface area contributed by atoms with Crippen LogP contribution in [-0.4, -0.2) is 182 Å². The van der Waals surface area contributed by atoms with Crippen LogP contribution in [0.4, 0.5) is 18.4 Å². The predicted molar refractivity (Wildman–Crippen MR) is 305 cm³/mol. The zero-order valence-corrected chi connectivity index (χ0v) is 48.0. The second-order valence-electron chi connectivity index (χ2n) is 21.3. The highest BCUT2D eigenvalue weighted by molar-refractivity contribution is 5.91. The molecule has 8 rings (SSSR count). The lowest BCUT2D eigenvalue weighted by Gasteiger charge is -2.34. The molecule has 22 heteroatoms. The number of nitrogens with zero attached hydrogens (tertiary/aromatic N) is 4. The largest absolute Gasteiger partial charge is 0.486 e. The van der Waals surface area contributed by atoms with Gasteiger partial charge in [-0.1, -0.05) is 79.1 Å². The summed E-state index contributed by atoms with van der Waals surface area (Å²) in [6, 6.07) is 23.2. The standard InChI is InChI=1S/C62H74F2N8O12/c1-38(35-80-42(5)54(68-58(74)40(3)66-7)60(76)70-31-29-50-56(70)52(84-48-26-22-46(64)23-27-48)34-72(50)62(78)82-37-44-18-12-9-13-19-44)15-14-32-79-41(4)53(67-57(73)39(2)65-6)59(75)69-30-28-49-55(69)51(83-47-24-20-45(63)21-25-47)33-71(49)61(77)81-36-43-16-10-8-11-17-43/h8-13,16-27,39-42,49-56,65-66H,1,28-37H2,2-7H3,(H,67,73)(H,68,74)/t39-,40-,41+,42+,49+,50+,51-,52-,53-,54-,55-,56-/m0/s1. The van der Waals surface area contributed by atoms with Crippen molar-refractivity contribution in [2.75, 3.05) is 53.5 Å². The Morgan fingerprint density at radius 1 is 0.583 bits per heavy atom. The lowest BCUT2D eigenvalue weighted by atomic mass is 10.1. The molecule has 4 saturated heterocycles. The van der Waals surface area contributed by atoms with E-state index in [-0.39, 0.29) is 52.6 Å². The highest BCUT2D eigenvalue weighted by Gasteiger charge is 2.56. The summed E-state index contributed by atoms with van der Waals surface area (Å²) in [6.45, 7) is 10.9. The normalized spacial score (nSPS) is 21.8. The lowest BCUT2D eigenvalue weighted by Crippen LogP contribution is -2.59. The molecule has 12 atom stereocenters. The van der Waals surface area contributed by atoms with Crippen molar-refractivity contribution in [1.82, 2.24) is 40.9 Å². The zero-order chi connectivity index (χ0) is 60.0. The number of halogens is 2. The minimum atomic E-state index is -1.23. The molecule has 0 spiro atoms. The minimum absolute atomic E-state index is 0.0314. The summed E-state index contributed by atoms with van der Waals surface area (Å²) in [5.74, 6) is 3.68. The van der Waals surface area contributed by atoms with Gasteiger partial charge in [-0.25, -0.2) is 18.4 Å². The first-order valence-corrected chi connectivity index (χ1v) is 28.2. The SMILES string of the molecule is C=C(C#CCO[C@H](C)[C@H](NC(=O)[C@H](C)NC)C(=O)N1CC[C@@H]2[C@H]1[C@@H](Oc1ccc(F)cc1)CN2C(=O)OCc1ccccc1)CO[C@H](C)[C@H](NC(=O)[C@H](C)NC)C(=O)N1CC[C@@H]2[C@H]1[C@@H](Oc1ccc(F)cc1)CN2C(=O)OCc1ccccc1. The Balaban J connectivity index is 0.927. The summed E-state index contributed by atoms with van der Waals surface area (Å²) in [5.41, 5.74) is 1.89. The first-order chi connectivity index (χ1) is 40.4. The molecule has 20 nitrogen and oxygen atoms in total. The number of amides is 6. The molecule has 4 N–H and O–H groups in total. The van der Waals surface area contributed by atoms with Crippen LogP contribution in [0.5, 0.6) is 11.5 Å². The highest BCUT2D eigenvalue weighted by atomic mass is 19.1. The molecule has 84 heavy (non-hydrogen) atoms. The second kappa shape index (κ2) is 28.9. The van der Waals surface area contributed by atoms with Crippen LogP contribution >= 0.6 is 0 Å². The summed E-state index contributed by atoms with van der Waals surface area (Å²) in [4.78, 5) is 90.6. The second-order valence-corrected chi connectivity index (χ2v) is 21.3. The molecule has 0 unspecified atom stereocenters. The van der Waals surface area contributed by atoms with Gasteiger partial charge in [0.1, 0.15) is 67.2 Å². The molecule has 4 aliphatic heterocycles. The number of hydrogen-bond donors (Lipinski definition) is 4. The van der Waals surface area contributed by atoms with Crippen molar-refractivity contribution >= 4 is 35.8 Å². The van der Waals surface area contributed by atoms with E-state index in [0.29, 0.717) is 29.9 Å². The van der Waals surface area contributed by atoms with E-state index in [2.05, 4.69) is 39.7 Å². The Hall–Kier alpha value is -8.10. The number of ether oxygens (including phenoxy) is 6. The number of fused-ring (bicyclic) bond motifs is 2. The summed E-state index contributed by atoms with van der Waals surface area (Å²) in [6.07, 6.45) is -3.80. The van der Waals surface area contributed by atoms with E-state index in [1.807, 2.05) is 60.7 Å². The van der Waals surface area contributed by atoms with Gasteiger partial charge >= 0.3 is 12.2 Å². The highest BCUT2D eigenvalue weighted by Crippen LogP contribution is 2.37. The number of carbonyl (C=O) groups excluding carboxylic acids is 6. The lowest BCUT2D eigenvalue weighted by molar-refractivity contribution is -0.142. The van der Waals surface area contributed by atoms with Crippen LogP contribution in [0.15, 0.2) is 121 Å². The number of likely N-dealkylation sites (tertiary alicyclic amines) is 4. The van der Waals surface area contributed by atoms with Gasteiger partial charge in [0.25, 0.3) is 0 Å². The average Bonchev–Trinajstić information content (AvgIpc) is 1.86. The van der Waals surface area contributed by atoms with Gasteiger partial charge in [0.15, 0.2) is 0 Å². The van der Waals surface area contributed by atoms with E-state index in [9.17, 15) is 37.5 Å². The van der Waals surface area contributed by atoms with Gasteiger partial charge in [0.2, 0.25) is 23.6 Å². The molecule has 0 aliphatic carbocycles. The van der Waals surface area contributed by atoms with Gasteiger partial charge in [-0.3, -0.25) is 29.0 Å². The van der Waals surface area contributed by atoms with Crippen LogP contribution < -0.4 is 30.7 Å². The number of likely N-dealkylation sites (N-methyl/N-ethyl adjacent to an activating group) is 2. The van der Waals surface area contributed by atoms with Crippen LogP contribution in [0, 0.1) is 23.5 Å². The van der Waals surface area contributed by atoms with Crippen LogP contribution in [0.25, 0.3) is 0 Å². The molecule has 0 radical (unpaired) electrons. The molecule has 6 amide bonds. The molecular weight excluding hydrogens is 1090 g/mol. The maximum Gasteiger partial charge on any atom is 0.410 e. The van der Waals surface area contributed by atoms with E-state index in [1.54, 1.807) is 61.4 Å². The Morgan fingerprint density at radius 2 is 0.988 bits per heavy atom. The molecule has 4 fully saturated rings. The fraction of sp³-hybridized carbons (Fsp3) is 0.452. The number of benzene rings is 4. The van der Waals surface area contributed by atoms with Gasteiger partial charge in [0, 0.05) is 18.7 Å². The van der Waals surface area contributed by atoms with E-state index < -0.39 is 120 Å². The maximum atomic E-state index is 14.9. The molecule has 0 saturated carbocycles. The van der Waals surface area contributed by atoms with Crippen molar-refractivity contribution in [3.63, 3.8) is 0 Å². The number of rotatable bonds is 23. The monoisotopic (exact) mass is 1160 g/mol. The average molecular weight is 1160 g/mol. The molecule has 4 aromatic rings. The summed E-state index contributed by atoms with van der Waals surface area (Å²) in [5, 5.41) is 11.5.